The number of benzene rings is 2. The molecule has 0 amide bonds. The van der Waals surface area contributed by atoms with Crippen LogP contribution in [-0.4, -0.2) is 52.6 Å². The Morgan fingerprint density at radius 3 is 2.47 bits per heavy atom. The first kappa shape index (κ1) is 20.9. The van der Waals surface area contributed by atoms with E-state index >= 15 is 0 Å². The molecule has 158 valence electrons. The molecule has 0 N–H and O–H groups in total. The monoisotopic (exact) mass is 423 g/mol. The molecular weight excluding hydrogens is 394 g/mol. The summed E-state index contributed by atoms with van der Waals surface area (Å²) in [7, 11) is 0. The van der Waals surface area contributed by atoms with Crippen LogP contribution in [0.5, 0.6) is 0 Å². The molecule has 1 aliphatic rings. The Morgan fingerprint density at radius 1 is 0.933 bits per heavy atom. The van der Waals surface area contributed by atoms with Gasteiger partial charge in [-0.05, 0) is 50.9 Å². The van der Waals surface area contributed by atoms with Crippen molar-refractivity contribution in [2.45, 2.75) is 33.2 Å². The number of hydrogen-bond donors (Lipinski definition) is 0. The third-order valence-electron chi connectivity index (χ3n) is 5.93. The molecule has 30 heavy (non-hydrogen) atoms. The molecule has 2 aromatic carbocycles. The topological polar surface area (TPSA) is 37.2 Å². The van der Waals surface area contributed by atoms with Crippen LogP contribution in [0.3, 0.4) is 0 Å². The van der Waals surface area contributed by atoms with Crippen molar-refractivity contribution >= 4 is 17.3 Å². The highest BCUT2D eigenvalue weighted by molar-refractivity contribution is 6.33. The van der Waals surface area contributed by atoms with E-state index in [0.29, 0.717) is 0 Å². The molecule has 1 fully saturated rings. The average Bonchev–Trinajstić information content (AvgIpc) is 3.20. The molecule has 6 heteroatoms. The van der Waals surface area contributed by atoms with Crippen molar-refractivity contribution < 1.29 is 0 Å². The fraction of sp³-hybridized carbons (Fsp3) is 0.417. The van der Waals surface area contributed by atoms with Crippen molar-refractivity contribution in [1.29, 1.82) is 0 Å². The lowest BCUT2D eigenvalue weighted by Gasteiger charge is -2.37. The minimum atomic E-state index is 0.739. The molecule has 5 nitrogen and oxygen atoms in total. The average molecular weight is 424 g/mol. The van der Waals surface area contributed by atoms with Crippen LogP contribution >= 0.6 is 11.6 Å². The van der Waals surface area contributed by atoms with Gasteiger partial charge < -0.3 is 4.90 Å². The molecule has 4 rings (SSSR count). The Morgan fingerprint density at radius 2 is 1.70 bits per heavy atom. The van der Waals surface area contributed by atoms with Crippen LogP contribution in [0.2, 0.25) is 5.02 Å². The van der Waals surface area contributed by atoms with E-state index in [1.165, 1.54) is 16.8 Å². The first-order valence-corrected chi connectivity index (χ1v) is 11.2. The minimum absolute atomic E-state index is 0.739. The van der Waals surface area contributed by atoms with Gasteiger partial charge in [0, 0.05) is 44.0 Å². The second-order valence-corrected chi connectivity index (χ2v) is 8.56. The molecule has 1 aromatic heterocycles. The predicted octanol–water partition coefficient (Wildman–Crippen LogP) is 4.82. The van der Waals surface area contributed by atoms with Crippen LogP contribution in [0.25, 0.3) is 11.3 Å². The van der Waals surface area contributed by atoms with Crippen LogP contribution < -0.4 is 4.90 Å². The van der Waals surface area contributed by atoms with Gasteiger partial charge in [-0.25, -0.2) is 4.68 Å². The SMILES string of the molecule is Cc1ccc(N2CCN(CCCCn3nncc3-c3ccccc3Cl)CC2)c(C)c1. The van der Waals surface area contributed by atoms with Gasteiger partial charge in [0.25, 0.3) is 0 Å². The lowest BCUT2D eigenvalue weighted by molar-refractivity contribution is 0.250. The van der Waals surface area contributed by atoms with Gasteiger partial charge in [-0.2, -0.15) is 0 Å². The lowest BCUT2D eigenvalue weighted by Crippen LogP contribution is -2.46. The second-order valence-electron chi connectivity index (χ2n) is 8.15. The van der Waals surface area contributed by atoms with Gasteiger partial charge >= 0.3 is 0 Å². The molecule has 1 aliphatic heterocycles. The summed E-state index contributed by atoms with van der Waals surface area (Å²) in [5.41, 5.74) is 6.08. The number of hydrogen-bond acceptors (Lipinski definition) is 4. The van der Waals surface area contributed by atoms with Gasteiger partial charge in [-0.1, -0.05) is 52.7 Å². The maximum absolute atomic E-state index is 6.34. The number of nitrogens with zero attached hydrogens (tertiary/aromatic N) is 5. The van der Waals surface area contributed by atoms with E-state index in [4.69, 9.17) is 11.6 Å². The molecule has 0 atom stereocenters. The number of anilines is 1. The number of aromatic nitrogens is 3. The third-order valence-corrected chi connectivity index (χ3v) is 6.26. The van der Waals surface area contributed by atoms with Crippen LogP contribution in [0.1, 0.15) is 24.0 Å². The summed E-state index contributed by atoms with van der Waals surface area (Å²) in [5.74, 6) is 0. The van der Waals surface area contributed by atoms with E-state index in [2.05, 4.69) is 52.2 Å². The lowest BCUT2D eigenvalue weighted by atomic mass is 10.1. The van der Waals surface area contributed by atoms with Gasteiger partial charge in [0.2, 0.25) is 0 Å². The summed E-state index contributed by atoms with van der Waals surface area (Å²) >= 11 is 6.34. The van der Waals surface area contributed by atoms with Crippen LogP contribution in [0, 0.1) is 13.8 Å². The molecule has 0 saturated carbocycles. The number of rotatable bonds is 7. The fourth-order valence-electron chi connectivity index (χ4n) is 4.27. The Kier molecular flexibility index (Phi) is 6.70. The van der Waals surface area contributed by atoms with E-state index in [9.17, 15) is 0 Å². The molecule has 0 bridgehead atoms. The van der Waals surface area contributed by atoms with Crippen molar-refractivity contribution in [1.82, 2.24) is 19.9 Å². The second kappa shape index (κ2) is 9.63. The predicted molar refractivity (Wildman–Crippen MR) is 124 cm³/mol. The highest BCUT2D eigenvalue weighted by Crippen LogP contribution is 2.27. The molecule has 2 heterocycles. The van der Waals surface area contributed by atoms with Crippen molar-refractivity contribution in [2.75, 3.05) is 37.6 Å². The highest BCUT2D eigenvalue weighted by atomic mass is 35.5. The van der Waals surface area contributed by atoms with E-state index in [1.54, 1.807) is 6.20 Å². The van der Waals surface area contributed by atoms with Crippen molar-refractivity contribution in [3.8, 4) is 11.3 Å². The molecule has 0 radical (unpaired) electrons. The Bertz CT molecular complexity index is 975. The fourth-order valence-corrected chi connectivity index (χ4v) is 4.50. The van der Waals surface area contributed by atoms with Gasteiger partial charge in [0.1, 0.15) is 0 Å². The standard InChI is InChI=1S/C24H30ClN5/c1-19-9-10-23(20(2)17-19)29-15-13-28(14-16-29)11-5-6-12-30-24(18-26-27-30)21-7-3-4-8-22(21)25/h3-4,7-10,17-18H,5-6,11-16H2,1-2H3. The summed E-state index contributed by atoms with van der Waals surface area (Å²) in [5, 5.41) is 9.10. The maximum atomic E-state index is 6.34. The summed E-state index contributed by atoms with van der Waals surface area (Å²) in [6.07, 6.45) is 4.04. The minimum Gasteiger partial charge on any atom is -0.369 e. The number of halogens is 1. The number of aryl methyl sites for hydroxylation is 3. The normalized spacial score (nSPS) is 15.0. The maximum Gasteiger partial charge on any atom is 0.0900 e. The van der Waals surface area contributed by atoms with Gasteiger partial charge in [-0.15, -0.1) is 5.10 Å². The van der Waals surface area contributed by atoms with E-state index in [-0.39, 0.29) is 0 Å². The molecular formula is C24H30ClN5. The quantitative estimate of drug-likeness (QED) is 0.510. The first-order chi connectivity index (χ1) is 14.6. The molecule has 1 saturated heterocycles. The Hall–Kier alpha value is -2.37. The summed E-state index contributed by atoms with van der Waals surface area (Å²) in [6.45, 7) is 10.8. The van der Waals surface area contributed by atoms with Crippen LogP contribution in [0.15, 0.2) is 48.7 Å². The summed E-state index contributed by atoms with van der Waals surface area (Å²) in [4.78, 5) is 5.10. The van der Waals surface area contributed by atoms with Gasteiger partial charge in [0.15, 0.2) is 0 Å². The Balaban J connectivity index is 1.23. The van der Waals surface area contributed by atoms with E-state index in [0.717, 1.165) is 68.4 Å². The smallest absolute Gasteiger partial charge is 0.0900 e. The zero-order valence-electron chi connectivity index (χ0n) is 17.9. The number of unbranched alkanes of at least 4 members (excludes halogenated alkanes) is 1. The van der Waals surface area contributed by atoms with Gasteiger partial charge in [0.05, 0.1) is 16.9 Å². The molecule has 0 aliphatic carbocycles. The largest absolute Gasteiger partial charge is 0.369 e. The third kappa shape index (κ3) is 4.85. The van der Waals surface area contributed by atoms with E-state index in [1.807, 2.05) is 28.9 Å². The highest BCUT2D eigenvalue weighted by Gasteiger charge is 2.18. The summed E-state index contributed by atoms with van der Waals surface area (Å²) in [6, 6.07) is 14.6. The Labute approximate surface area is 184 Å². The number of piperazine rings is 1. The van der Waals surface area contributed by atoms with Crippen LogP contribution in [0.4, 0.5) is 5.69 Å². The molecule has 3 aromatic rings. The van der Waals surface area contributed by atoms with Gasteiger partial charge in [-0.3, -0.25) is 4.90 Å². The summed E-state index contributed by atoms with van der Waals surface area (Å²) < 4.78 is 1.97. The zero-order chi connectivity index (χ0) is 20.9. The van der Waals surface area contributed by atoms with Crippen molar-refractivity contribution in [3.05, 3.63) is 64.8 Å². The first-order valence-electron chi connectivity index (χ1n) is 10.8. The zero-order valence-corrected chi connectivity index (χ0v) is 18.6. The molecule has 0 unspecified atom stereocenters. The van der Waals surface area contributed by atoms with E-state index < -0.39 is 0 Å². The van der Waals surface area contributed by atoms with Crippen LogP contribution in [-0.2, 0) is 6.54 Å². The molecule has 0 spiro atoms. The van der Waals surface area contributed by atoms with Crippen molar-refractivity contribution in [2.24, 2.45) is 0 Å². The van der Waals surface area contributed by atoms with Crippen molar-refractivity contribution in [3.63, 3.8) is 0 Å².